The molecule has 0 saturated heterocycles. The highest BCUT2D eigenvalue weighted by Crippen LogP contribution is 2.33. The molecule has 0 saturated carbocycles. The minimum absolute atomic E-state index is 0.0165. The Labute approximate surface area is 240 Å². The Hall–Kier alpha value is -4.29. The van der Waals surface area contributed by atoms with E-state index < -0.39 is 17.9 Å². The first-order valence-corrected chi connectivity index (χ1v) is 13.5. The third kappa shape index (κ3) is 7.87. The Kier molecular flexibility index (Phi) is 9.12. The number of aliphatic carboxylic acids is 1. The average molecular weight is 557 g/mol. The molecule has 7 heteroatoms. The number of hydrogen-bond acceptors (Lipinski definition) is 4. The topological polar surface area (TPSA) is 87.7 Å². The minimum Gasteiger partial charge on any atom is -0.480 e. The van der Waals surface area contributed by atoms with Crippen LogP contribution in [0.1, 0.15) is 36.7 Å². The van der Waals surface area contributed by atoms with Gasteiger partial charge in [-0.05, 0) is 52.9 Å². The molecule has 0 unspecified atom stereocenters. The van der Waals surface area contributed by atoms with Crippen LogP contribution in [0, 0.1) is 5.41 Å². The Morgan fingerprint density at radius 3 is 2.25 bits per heavy atom. The number of halogens is 1. The normalized spacial score (nSPS) is 11.9. The maximum Gasteiger partial charge on any atom is 0.326 e. The SMILES string of the molecule is CC(C)(C)CNc1ccc(Cl)cc1C(=O)N[C@@H](Cc1ccc(-c2ccccc2Oc2ccccc2)cc1)C(=O)O. The fraction of sp³-hybridized carbons (Fsp3) is 0.212. The fourth-order valence-electron chi connectivity index (χ4n) is 4.12. The summed E-state index contributed by atoms with van der Waals surface area (Å²) in [7, 11) is 0. The number of anilines is 1. The third-order valence-electron chi connectivity index (χ3n) is 6.20. The molecule has 0 fully saturated rings. The highest BCUT2D eigenvalue weighted by atomic mass is 35.5. The van der Waals surface area contributed by atoms with Crippen molar-refractivity contribution < 1.29 is 19.4 Å². The van der Waals surface area contributed by atoms with E-state index in [1.165, 1.54) is 0 Å². The number of hydrogen-bond donors (Lipinski definition) is 3. The molecule has 40 heavy (non-hydrogen) atoms. The van der Waals surface area contributed by atoms with Crippen molar-refractivity contribution in [1.29, 1.82) is 0 Å². The van der Waals surface area contributed by atoms with Crippen molar-refractivity contribution >= 4 is 29.2 Å². The number of ether oxygens (including phenoxy) is 1. The van der Waals surface area contributed by atoms with Gasteiger partial charge < -0.3 is 20.5 Å². The minimum atomic E-state index is -1.12. The zero-order chi connectivity index (χ0) is 28.7. The van der Waals surface area contributed by atoms with E-state index in [1.807, 2.05) is 78.9 Å². The van der Waals surface area contributed by atoms with Gasteiger partial charge in [-0.2, -0.15) is 0 Å². The molecule has 4 aromatic rings. The van der Waals surface area contributed by atoms with Crippen molar-refractivity contribution in [2.75, 3.05) is 11.9 Å². The summed E-state index contributed by atoms with van der Waals surface area (Å²) in [4.78, 5) is 25.3. The molecule has 6 nitrogen and oxygen atoms in total. The molecular formula is C33H33ClN2O4. The Morgan fingerprint density at radius 2 is 1.57 bits per heavy atom. The molecule has 3 N–H and O–H groups in total. The summed E-state index contributed by atoms with van der Waals surface area (Å²) in [5.74, 6) is -0.169. The van der Waals surface area contributed by atoms with Crippen LogP contribution in [0.25, 0.3) is 11.1 Å². The molecule has 1 atom stereocenters. The molecular weight excluding hydrogens is 524 g/mol. The lowest BCUT2D eigenvalue weighted by Crippen LogP contribution is -2.42. The Balaban J connectivity index is 1.49. The zero-order valence-corrected chi connectivity index (χ0v) is 23.5. The first-order chi connectivity index (χ1) is 19.1. The highest BCUT2D eigenvalue weighted by molar-refractivity contribution is 6.31. The van der Waals surface area contributed by atoms with Crippen LogP contribution in [-0.2, 0) is 11.2 Å². The Bertz CT molecular complexity index is 1460. The van der Waals surface area contributed by atoms with Crippen LogP contribution < -0.4 is 15.4 Å². The van der Waals surface area contributed by atoms with Gasteiger partial charge in [0.15, 0.2) is 0 Å². The first kappa shape index (κ1) is 28.7. The van der Waals surface area contributed by atoms with Crippen LogP contribution in [-0.4, -0.2) is 29.6 Å². The van der Waals surface area contributed by atoms with Crippen molar-refractivity contribution in [1.82, 2.24) is 5.32 Å². The lowest BCUT2D eigenvalue weighted by Gasteiger charge is -2.22. The first-order valence-electron chi connectivity index (χ1n) is 13.1. The van der Waals surface area contributed by atoms with Crippen LogP contribution >= 0.6 is 11.6 Å². The number of benzene rings is 4. The third-order valence-corrected chi connectivity index (χ3v) is 6.44. The van der Waals surface area contributed by atoms with Crippen LogP contribution in [0.3, 0.4) is 0 Å². The van der Waals surface area contributed by atoms with Gasteiger partial charge in [0.05, 0.1) is 5.56 Å². The molecule has 0 aliphatic rings. The molecule has 0 heterocycles. The van der Waals surface area contributed by atoms with E-state index in [2.05, 4.69) is 31.4 Å². The van der Waals surface area contributed by atoms with Gasteiger partial charge in [0.2, 0.25) is 0 Å². The van der Waals surface area contributed by atoms with Gasteiger partial charge in [-0.1, -0.05) is 93.0 Å². The second kappa shape index (κ2) is 12.7. The number of carbonyl (C=O) groups excluding carboxylic acids is 1. The van der Waals surface area contributed by atoms with Gasteiger partial charge in [-0.25, -0.2) is 4.79 Å². The molecule has 0 radical (unpaired) electrons. The second-order valence-electron chi connectivity index (χ2n) is 10.8. The number of nitrogens with one attached hydrogen (secondary N) is 2. The fourth-order valence-corrected chi connectivity index (χ4v) is 4.29. The van der Waals surface area contributed by atoms with Crippen LogP contribution in [0.5, 0.6) is 11.5 Å². The van der Waals surface area contributed by atoms with E-state index >= 15 is 0 Å². The molecule has 0 aromatic heterocycles. The van der Waals surface area contributed by atoms with Gasteiger partial charge in [0.1, 0.15) is 17.5 Å². The number of amides is 1. The van der Waals surface area contributed by atoms with Crippen LogP contribution in [0.2, 0.25) is 5.02 Å². The van der Waals surface area contributed by atoms with E-state index in [0.29, 0.717) is 22.8 Å². The van der Waals surface area contributed by atoms with E-state index in [9.17, 15) is 14.7 Å². The lowest BCUT2D eigenvalue weighted by molar-refractivity contribution is -0.139. The van der Waals surface area contributed by atoms with Crippen LogP contribution in [0.4, 0.5) is 5.69 Å². The van der Waals surface area contributed by atoms with E-state index in [4.69, 9.17) is 16.3 Å². The number of carboxylic acids is 1. The summed E-state index contributed by atoms with van der Waals surface area (Å²) in [5.41, 5.74) is 3.50. The monoisotopic (exact) mass is 556 g/mol. The molecule has 0 bridgehead atoms. The molecule has 1 amide bonds. The number of carbonyl (C=O) groups is 2. The van der Waals surface area contributed by atoms with Gasteiger partial charge in [0, 0.05) is 29.2 Å². The predicted molar refractivity (Wildman–Crippen MR) is 160 cm³/mol. The van der Waals surface area contributed by atoms with Gasteiger partial charge in [-0.15, -0.1) is 0 Å². The highest BCUT2D eigenvalue weighted by Gasteiger charge is 2.23. The predicted octanol–water partition coefficient (Wildman–Crippen LogP) is 7.68. The summed E-state index contributed by atoms with van der Waals surface area (Å²) in [5, 5.41) is 16.2. The summed E-state index contributed by atoms with van der Waals surface area (Å²) in [6.45, 7) is 6.87. The van der Waals surface area contributed by atoms with E-state index in [1.54, 1.807) is 18.2 Å². The summed E-state index contributed by atoms with van der Waals surface area (Å²) in [6.07, 6.45) is 0.120. The molecule has 0 aliphatic heterocycles. The van der Waals surface area contributed by atoms with Crippen molar-refractivity contribution in [3.8, 4) is 22.6 Å². The maximum absolute atomic E-state index is 13.2. The quantitative estimate of drug-likeness (QED) is 0.186. The van der Waals surface area contributed by atoms with Crippen LogP contribution in [0.15, 0.2) is 97.1 Å². The lowest BCUT2D eigenvalue weighted by atomic mass is 9.96. The average Bonchev–Trinajstić information content (AvgIpc) is 2.93. The zero-order valence-electron chi connectivity index (χ0n) is 22.8. The number of carboxylic acid groups (broad SMARTS) is 1. The molecule has 0 aliphatic carbocycles. The Morgan fingerprint density at radius 1 is 0.900 bits per heavy atom. The van der Waals surface area contributed by atoms with Gasteiger partial charge in [-0.3, -0.25) is 4.79 Å². The standard InChI is InChI=1S/C33H33ClN2O4/c1-33(2,3)21-35-28-18-17-24(34)20-27(28)31(37)36-29(32(38)39)19-22-13-15-23(16-14-22)26-11-7-8-12-30(26)40-25-9-5-4-6-10-25/h4-18,20,29,35H,19,21H2,1-3H3,(H,36,37)(H,38,39)/t29-/m0/s1. The van der Waals surface area contributed by atoms with Gasteiger partial charge in [0.25, 0.3) is 5.91 Å². The van der Waals surface area contributed by atoms with Crippen molar-refractivity contribution in [2.45, 2.75) is 33.2 Å². The van der Waals surface area contributed by atoms with E-state index in [-0.39, 0.29) is 11.8 Å². The maximum atomic E-state index is 13.2. The van der Waals surface area contributed by atoms with Crippen molar-refractivity contribution in [2.24, 2.45) is 5.41 Å². The molecule has 4 aromatic carbocycles. The van der Waals surface area contributed by atoms with Gasteiger partial charge >= 0.3 is 5.97 Å². The summed E-state index contributed by atoms with van der Waals surface area (Å²) in [6, 6.07) is 28.7. The largest absolute Gasteiger partial charge is 0.480 e. The number of para-hydroxylation sites is 2. The van der Waals surface area contributed by atoms with Crippen molar-refractivity contribution in [3.63, 3.8) is 0 Å². The molecule has 4 rings (SSSR count). The van der Waals surface area contributed by atoms with E-state index in [0.717, 1.165) is 28.2 Å². The summed E-state index contributed by atoms with van der Waals surface area (Å²) >= 11 is 6.17. The smallest absolute Gasteiger partial charge is 0.326 e. The second-order valence-corrected chi connectivity index (χ2v) is 11.2. The number of rotatable bonds is 10. The molecule has 206 valence electrons. The molecule has 0 spiro atoms. The van der Waals surface area contributed by atoms with Crippen molar-refractivity contribution in [3.05, 3.63) is 113 Å². The summed E-state index contributed by atoms with van der Waals surface area (Å²) < 4.78 is 6.09.